The van der Waals surface area contributed by atoms with Gasteiger partial charge in [0.1, 0.15) is 6.33 Å². The van der Waals surface area contributed by atoms with E-state index in [-0.39, 0.29) is 12.5 Å². The third-order valence-electron chi connectivity index (χ3n) is 2.93. The minimum Gasteiger partial charge on any atom is -0.323 e. The molecule has 0 aliphatic heterocycles. The third-order valence-corrected chi connectivity index (χ3v) is 2.93. The quantitative estimate of drug-likeness (QED) is 0.535. The summed E-state index contributed by atoms with van der Waals surface area (Å²) in [5.74, 6) is 4.04. The average molecular weight is 297 g/mol. The normalized spacial score (nSPS) is 14.2. The molecule has 0 radical (unpaired) electrons. The SMILES string of the molecule is CC(Cn1cnc(C(F)(F)F)n1)C(=NN)c1ccccc1. The summed E-state index contributed by atoms with van der Waals surface area (Å²) in [5.41, 5.74) is 1.42. The lowest BCUT2D eigenvalue weighted by atomic mass is 9.98. The number of rotatable bonds is 4. The number of hydrazone groups is 1. The van der Waals surface area contributed by atoms with Gasteiger partial charge in [0.15, 0.2) is 0 Å². The summed E-state index contributed by atoms with van der Waals surface area (Å²) in [6, 6.07) is 9.21. The molecule has 21 heavy (non-hydrogen) atoms. The van der Waals surface area contributed by atoms with E-state index in [0.717, 1.165) is 16.6 Å². The van der Waals surface area contributed by atoms with Crippen molar-refractivity contribution in [1.29, 1.82) is 0 Å². The minimum absolute atomic E-state index is 0.202. The van der Waals surface area contributed by atoms with Crippen LogP contribution in [0.3, 0.4) is 0 Å². The summed E-state index contributed by atoms with van der Waals surface area (Å²) in [7, 11) is 0. The highest BCUT2D eigenvalue weighted by atomic mass is 19.4. The standard InChI is InChI=1S/C13H14F3N5/c1-9(11(19-17)10-5-3-2-4-6-10)7-21-8-18-12(20-21)13(14,15)16/h2-6,8-9H,7,17H2,1H3. The van der Waals surface area contributed by atoms with Crippen LogP contribution in [0.4, 0.5) is 13.2 Å². The summed E-state index contributed by atoms with van der Waals surface area (Å²) in [5, 5.41) is 7.16. The number of nitrogens with two attached hydrogens (primary N) is 1. The number of halogens is 3. The molecule has 5 nitrogen and oxygen atoms in total. The molecule has 1 aromatic carbocycles. The Morgan fingerprint density at radius 3 is 2.52 bits per heavy atom. The number of hydrogen-bond donors (Lipinski definition) is 1. The van der Waals surface area contributed by atoms with E-state index in [1.165, 1.54) is 0 Å². The van der Waals surface area contributed by atoms with Crippen LogP contribution in [0.25, 0.3) is 0 Å². The van der Waals surface area contributed by atoms with Gasteiger partial charge < -0.3 is 5.84 Å². The molecule has 0 fully saturated rings. The van der Waals surface area contributed by atoms with Crippen LogP contribution in [0.5, 0.6) is 0 Å². The molecule has 0 bridgehead atoms. The lowest BCUT2D eigenvalue weighted by Crippen LogP contribution is -2.21. The summed E-state index contributed by atoms with van der Waals surface area (Å²) in [6.07, 6.45) is -3.49. The topological polar surface area (TPSA) is 69.1 Å². The van der Waals surface area contributed by atoms with E-state index in [0.29, 0.717) is 5.71 Å². The number of hydrogen-bond acceptors (Lipinski definition) is 4. The van der Waals surface area contributed by atoms with Gasteiger partial charge in [0.05, 0.1) is 12.3 Å². The van der Waals surface area contributed by atoms with E-state index in [9.17, 15) is 13.2 Å². The van der Waals surface area contributed by atoms with Crippen LogP contribution in [0.15, 0.2) is 41.8 Å². The zero-order valence-electron chi connectivity index (χ0n) is 11.2. The fourth-order valence-electron chi connectivity index (χ4n) is 1.97. The molecule has 2 N–H and O–H groups in total. The van der Waals surface area contributed by atoms with Crippen LogP contribution in [-0.4, -0.2) is 20.5 Å². The molecule has 1 aromatic heterocycles. The van der Waals surface area contributed by atoms with Crippen LogP contribution in [0.1, 0.15) is 18.3 Å². The molecule has 0 aliphatic carbocycles. The summed E-state index contributed by atoms with van der Waals surface area (Å²) >= 11 is 0. The zero-order chi connectivity index (χ0) is 15.5. The van der Waals surface area contributed by atoms with Crippen molar-refractivity contribution in [3.63, 3.8) is 0 Å². The summed E-state index contributed by atoms with van der Waals surface area (Å²) in [4.78, 5) is 3.25. The molecule has 0 amide bonds. The van der Waals surface area contributed by atoms with Crippen molar-refractivity contribution in [2.75, 3.05) is 0 Å². The van der Waals surface area contributed by atoms with Crippen LogP contribution in [0, 0.1) is 5.92 Å². The number of aromatic nitrogens is 3. The Labute approximate surface area is 119 Å². The van der Waals surface area contributed by atoms with Crippen molar-refractivity contribution in [2.24, 2.45) is 16.9 Å². The van der Waals surface area contributed by atoms with Crippen LogP contribution < -0.4 is 5.84 Å². The second-order valence-corrected chi connectivity index (χ2v) is 4.57. The lowest BCUT2D eigenvalue weighted by molar-refractivity contribution is -0.145. The van der Waals surface area contributed by atoms with Gasteiger partial charge in [-0.1, -0.05) is 37.3 Å². The van der Waals surface area contributed by atoms with Gasteiger partial charge in [-0.25, -0.2) is 4.98 Å². The first-order chi connectivity index (χ1) is 9.91. The van der Waals surface area contributed by atoms with Crippen LogP contribution in [-0.2, 0) is 12.7 Å². The van der Waals surface area contributed by atoms with Gasteiger partial charge in [-0.3, -0.25) is 4.68 Å². The minimum atomic E-state index is -4.54. The van der Waals surface area contributed by atoms with E-state index in [4.69, 9.17) is 5.84 Å². The van der Waals surface area contributed by atoms with Crippen molar-refractivity contribution < 1.29 is 13.2 Å². The van der Waals surface area contributed by atoms with Crippen molar-refractivity contribution in [3.8, 4) is 0 Å². The zero-order valence-corrected chi connectivity index (χ0v) is 11.2. The lowest BCUT2D eigenvalue weighted by Gasteiger charge is -2.14. The van der Waals surface area contributed by atoms with E-state index in [1.54, 1.807) is 0 Å². The Morgan fingerprint density at radius 1 is 1.33 bits per heavy atom. The molecule has 1 heterocycles. The van der Waals surface area contributed by atoms with E-state index in [1.807, 2.05) is 37.3 Å². The van der Waals surface area contributed by atoms with Gasteiger partial charge in [-0.2, -0.15) is 18.3 Å². The molecule has 2 rings (SSSR count). The van der Waals surface area contributed by atoms with Crippen LogP contribution >= 0.6 is 0 Å². The van der Waals surface area contributed by atoms with Gasteiger partial charge in [-0.05, 0) is 5.56 Å². The smallest absolute Gasteiger partial charge is 0.323 e. The van der Waals surface area contributed by atoms with Gasteiger partial charge in [-0.15, -0.1) is 5.10 Å². The van der Waals surface area contributed by atoms with Gasteiger partial charge >= 0.3 is 6.18 Å². The number of benzene rings is 1. The fraction of sp³-hybridized carbons (Fsp3) is 0.308. The molecule has 1 unspecified atom stereocenters. The van der Waals surface area contributed by atoms with Crippen molar-refractivity contribution in [2.45, 2.75) is 19.6 Å². The maximum Gasteiger partial charge on any atom is 0.453 e. The third kappa shape index (κ3) is 3.59. The Kier molecular flexibility index (Phi) is 4.25. The van der Waals surface area contributed by atoms with E-state index < -0.39 is 12.0 Å². The Hall–Kier alpha value is -2.38. The molecular formula is C13H14F3N5. The molecule has 0 spiro atoms. The number of alkyl halides is 3. The summed E-state index contributed by atoms with van der Waals surface area (Å²) in [6.45, 7) is 2.02. The molecule has 0 saturated carbocycles. The predicted molar refractivity (Wildman–Crippen MR) is 71.4 cm³/mol. The maximum atomic E-state index is 12.4. The van der Waals surface area contributed by atoms with Crippen molar-refractivity contribution in [3.05, 3.63) is 48.0 Å². The first-order valence-corrected chi connectivity index (χ1v) is 6.21. The second-order valence-electron chi connectivity index (χ2n) is 4.57. The largest absolute Gasteiger partial charge is 0.453 e. The number of nitrogens with zero attached hydrogens (tertiary/aromatic N) is 4. The molecule has 1 atom stereocenters. The highest BCUT2D eigenvalue weighted by Crippen LogP contribution is 2.25. The highest BCUT2D eigenvalue weighted by Gasteiger charge is 2.35. The van der Waals surface area contributed by atoms with Gasteiger partial charge in [0.2, 0.25) is 0 Å². The predicted octanol–water partition coefficient (Wildman–Crippen LogP) is 2.30. The van der Waals surface area contributed by atoms with Gasteiger partial charge in [0.25, 0.3) is 5.82 Å². The van der Waals surface area contributed by atoms with Crippen LogP contribution in [0.2, 0.25) is 0 Å². The van der Waals surface area contributed by atoms with E-state index in [2.05, 4.69) is 15.2 Å². The maximum absolute atomic E-state index is 12.4. The van der Waals surface area contributed by atoms with Gasteiger partial charge in [0, 0.05) is 5.92 Å². The first-order valence-electron chi connectivity index (χ1n) is 6.21. The Morgan fingerprint density at radius 2 is 2.00 bits per heavy atom. The fourth-order valence-corrected chi connectivity index (χ4v) is 1.97. The Bertz CT molecular complexity index is 618. The van der Waals surface area contributed by atoms with Crippen molar-refractivity contribution >= 4 is 5.71 Å². The summed E-state index contributed by atoms with van der Waals surface area (Å²) < 4.78 is 38.5. The molecular weight excluding hydrogens is 283 g/mol. The second kappa shape index (κ2) is 5.94. The molecule has 2 aromatic rings. The molecule has 8 heteroatoms. The van der Waals surface area contributed by atoms with Crippen molar-refractivity contribution in [1.82, 2.24) is 14.8 Å². The average Bonchev–Trinajstić information content (AvgIpc) is 2.89. The van der Waals surface area contributed by atoms with E-state index >= 15 is 0 Å². The molecule has 0 saturated heterocycles. The highest BCUT2D eigenvalue weighted by molar-refractivity contribution is 6.01. The monoisotopic (exact) mass is 297 g/mol. The first kappa shape index (κ1) is 15.0. The Balaban J connectivity index is 2.14. The molecule has 0 aliphatic rings. The molecule has 112 valence electrons.